The van der Waals surface area contributed by atoms with Gasteiger partial charge in [-0.05, 0) is 17.7 Å². The Bertz CT molecular complexity index is 984. The number of benzene rings is 2. The van der Waals surface area contributed by atoms with Gasteiger partial charge in [-0.2, -0.15) is 5.10 Å². The highest BCUT2D eigenvalue weighted by Gasteiger charge is 2.29. The van der Waals surface area contributed by atoms with E-state index in [-0.39, 0.29) is 5.91 Å². The SMILES string of the molecule is O=C(Nc1cnn(Cc2ccccc2)c1)C1CC(c2cccc(Br)c2)=NO1. The summed E-state index contributed by atoms with van der Waals surface area (Å²) in [7, 11) is 0. The van der Waals surface area contributed by atoms with Crippen LogP contribution in [0.1, 0.15) is 17.5 Å². The lowest BCUT2D eigenvalue weighted by Gasteiger charge is -2.07. The second-order valence-electron chi connectivity index (χ2n) is 6.25. The molecule has 136 valence electrons. The van der Waals surface area contributed by atoms with E-state index in [1.54, 1.807) is 17.1 Å². The van der Waals surface area contributed by atoms with Crippen molar-refractivity contribution in [3.8, 4) is 0 Å². The zero-order chi connectivity index (χ0) is 18.6. The summed E-state index contributed by atoms with van der Waals surface area (Å²) in [5, 5.41) is 11.2. The van der Waals surface area contributed by atoms with Gasteiger partial charge in [0, 0.05) is 22.7 Å². The molecule has 2 heterocycles. The third-order valence-corrected chi connectivity index (χ3v) is 4.70. The van der Waals surface area contributed by atoms with Gasteiger partial charge in [-0.15, -0.1) is 0 Å². The molecular formula is C20H17BrN4O2. The molecule has 1 atom stereocenters. The fourth-order valence-electron chi connectivity index (χ4n) is 2.86. The maximum absolute atomic E-state index is 12.5. The molecule has 1 aliphatic rings. The van der Waals surface area contributed by atoms with Gasteiger partial charge in [0.05, 0.1) is 24.1 Å². The highest BCUT2D eigenvalue weighted by Crippen LogP contribution is 2.21. The van der Waals surface area contributed by atoms with Crippen molar-refractivity contribution < 1.29 is 9.63 Å². The van der Waals surface area contributed by atoms with Crippen LogP contribution < -0.4 is 5.32 Å². The first kappa shape index (κ1) is 17.5. The van der Waals surface area contributed by atoms with Crippen LogP contribution in [0.2, 0.25) is 0 Å². The van der Waals surface area contributed by atoms with Gasteiger partial charge in [0.2, 0.25) is 6.10 Å². The molecule has 0 saturated heterocycles. The number of rotatable bonds is 5. The third kappa shape index (κ3) is 4.25. The van der Waals surface area contributed by atoms with Crippen LogP contribution in [-0.2, 0) is 16.2 Å². The number of oxime groups is 1. The predicted octanol–water partition coefficient (Wildman–Crippen LogP) is 3.83. The maximum Gasteiger partial charge on any atom is 0.268 e. The summed E-state index contributed by atoms with van der Waals surface area (Å²) in [6, 6.07) is 17.8. The molecule has 7 heteroatoms. The number of nitrogens with zero attached hydrogens (tertiary/aromatic N) is 3. The molecule has 1 aromatic heterocycles. The van der Waals surface area contributed by atoms with E-state index in [0.717, 1.165) is 21.3 Å². The number of aromatic nitrogens is 2. The number of hydrogen-bond acceptors (Lipinski definition) is 4. The Hall–Kier alpha value is -2.93. The summed E-state index contributed by atoms with van der Waals surface area (Å²) in [4.78, 5) is 17.8. The molecule has 1 N–H and O–H groups in total. The van der Waals surface area contributed by atoms with Crippen LogP contribution in [0.3, 0.4) is 0 Å². The molecule has 2 aromatic carbocycles. The highest BCUT2D eigenvalue weighted by molar-refractivity contribution is 9.10. The van der Waals surface area contributed by atoms with Crippen LogP contribution in [0.25, 0.3) is 0 Å². The quantitative estimate of drug-likeness (QED) is 0.676. The summed E-state index contributed by atoms with van der Waals surface area (Å²) in [5.74, 6) is -0.233. The molecule has 3 aromatic rings. The van der Waals surface area contributed by atoms with E-state index in [4.69, 9.17) is 4.84 Å². The Kier molecular flexibility index (Phi) is 5.02. The van der Waals surface area contributed by atoms with Crippen LogP contribution in [-0.4, -0.2) is 27.5 Å². The lowest BCUT2D eigenvalue weighted by molar-refractivity contribution is -0.125. The van der Waals surface area contributed by atoms with E-state index in [9.17, 15) is 4.79 Å². The summed E-state index contributed by atoms with van der Waals surface area (Å²) in [6.07, 6.45) is 3.22. The average molecular weight is 425 g/mol. The molecule has 0 spiro atoms. The van der Waals surface area contributed by atoms with E-state index in [1.807, 2.05) is 54.6 Å². The molecular weight excluding hydrogens is 408 g/mol. The van der Waals surface area contributed by atoms with Gasteiger partial charge in [-0.25, -0.2) is 0 Å². The van der Waals surface area contributed by atoms with Gasteiger partial charge in [-0.1, -0.05) is 63.6 Å². The lowest BCUT2D eigenvalue weighted by atomic mass is 10.0. The molecule has 0 saturated carbocycles. The van der Waals surface area contributed by atoms with Crippen molar-refractivity contribution in [2.75, 3.05) is 5.32 Å². The smallest absolute Gasteiger partial charge is 0.268 e. The van der Waals surface area contributed by atoms with Crippen molar-refractivity contribution in [1.29, 1.82) is 0 Å². The first-order valence-electron chi connectivity index (χ1n) is 8.53. The molecule has 0 radical (unpaired) electrons. The summed E-state index contributed by atoms with van der Waals surface area (Å²) < 4.78 is 2.74. The molecule has 0 fully saturated rings. The number of hydrogen-bond donors (Lipinski definition) is 1. The van der Waals surface area contributed by atoms with Crippen LogP contribution in [0.4, 0.5) is 5.69 Å². The Labute approximate surface area is 165 Å². The van der Waals surface area contributed by atoms with Crippen molar-refractivity contribution >= 4 is 33.2 Å². The van der Waals surface area contributed by atoms with Crippen molar-refractivity contribution in [1.82, 2.24) is 9.78 Å². The largest absolute Gasteiger partial charge is 0.382 e. The Morgan fingerprint density at radius 1 is 1.22 bits per heavy atom. The van der Waals surface area contributed by atoms with Crippen LogP contribution in [0.5, 0.6) is 0 Å². The zero-order valence-corrected chi connectivity index (χ0v) is 16.0. The first-order chi connectivity index (χ1) is 13.2. The number of amides is 1. The van der Waals surface area contributed by atoms with E-state index < -0.39 is 6.10 Å². The topological polar surface area (TPSA) is 68.5 Å². The van der Waals surface area contributed by atoms with E-state index >= 15 is 0 Å². The lowest BCUT2D eigenvalue weighted by Crippen LogP contribution is -2.27. The van der Waals surface area contributed by atoms with Gasteiger partial charge in [0.15, 0.2) is 0 Å². The van der Waals surface area contributed by atoms with Gasteiger partial charge in [-0.3, -0.25) is 9.48 Å². The fourth-order valence-corrected chi connectivity index (χ4v) is 3.26. The number of carbonyl (C=O) groups is 1. The second-order valence-corrected chi connectivity index (χ2v) is 7.16. The van der Waals surface area contributed by atoms with Crippen molar-refractivity contribution in [2.45, 2.75) is 19.1 Å². The number of halogens is 1. The molecule has 0 bridgehead atoms. The molecule has 1 amide bonds. The average Bonchev–Trinajstić information content (AvgIpc) is 3.32. The highest BCUT2D eigenvalue weighted by atomic mass is 79.9. The van der Waals surface area contributed by atoms with E-state index in [0.29, 0.717) is 18.7 Å². The van der Waals surface area contributed by atoms with Gasteiger partial charge >= 0.3 is 0 Å². The van der Waals surface area contributed by atoms with Crippen LogP contribution in [0.15, 0.2) is 76.6 Å². The van der Waals surface area contributed by atoms with Crippen molar-refractivity contribution in [3.05, 3.63) is 82.6 Å². The van der Waals surface area contributed by atoms with Crippen LogP contribution in [0, 0.1) is 0 Å². The molecule has 1 aliphatic heterocycles. The van der Waals surface area contributed by atoms with Gasteiger partial charge in [0.25, 0.3) is 5.91 Å². The van der Waals surface area contributed by atoms with Crippen molar-refractivity contribution in [2.24, 2.45) is 5.16 Å². The molecule has 4 rings (SSSR count). The van der Waals surface area contributed by atoms with E-state index in [1.165, 1.54) is 0 Å². The number of anilines is 1. The third-order valence-electron chi connectivity index (χ3n) is 4.21. The Balaban J connectivity index is 1.35. The normalized spacial score (nSPS) is 15.9. The summed E-state index contributed by atoms with van der Waals surface area (Å²) >= 11 is 3.44. The zero-order valence-electron chi connectivity index (χ0n) is 14.4. The molecule has 1 unspecified atom stereocenters. The molecule has 0 aliphatic carbocycles. The van der Waals surface area contributed by atoms with Gasteiger partial charge < -0.3 is 10.2 Å². The van der Waals surface area contributed by atoms with Crippen LogP contribution >= 0.6 is 15.9 Å². The Morgan fingerprint density at radius 3 is 2.89 bits per heavy atom. The second kappa shape index (κ2) is 7.75. The molecule has 27 heavy (non-hydrogen) atoms. The minimum absolute atomic E-state index is 0.233. The maximum atomic E-state index is 12.5. The van der Waals surface area contributed by atoms with Gasteiger partial charge in [0.1, 0.15) is 0 Å². The summed E-state index contributed by atoms with van der Waals surface area (Å²) in [5.41, 5.74) is 3.48. The standard InChI is InChI=1S/C20H17BrN4O2/c21-16-8-4-7-15(9-16)18-10-19(27-24-18)20(26)23-17-11-22-25(13-17)12-14-5-2-1-3-6-14/h1-9,11,13,19H,10,12H2,(H,23,26). The Morgan fingerprint density at radius 2 is 2.07 bits per heavy atom. The first-order valence-corrected chi connectivity index (χ1v) is 9.32. The number of nitrogens with one attached hydrogen (secondary N) is 1. The minimum atomic E-state index is -0.642. The fraction of sp³-hybridized carbons (Fsp3) is 0.150. The monoisotopic (exact) mass is 424 g/mol. The van der Waals surface area contributed by atoms with Crippen molar-refractivity contribution in [3.63, 3.8) is 0 Å². The predicted molar refractivity (Wildman–Crippen MR) is 107 cm³/mol. The van der Waals surface area contributed by atoms with E-state index in [2.05, 4.69) is 31.5 Å². The summed E-state index contributed by atoms with van der Waals surface area (Å²) in [6.45, 7) is 0.646. The minimum Gasteiger partial charge on any atom is -0.382 e. The molecule has 6 nitrogen and oxygen atoms in total. The number of carbonyl (C=O) groups excluding carboxylic acids is 1.